The third-order valence-electron chi connectivity index (χ3n) is 7.65. The van der Waals surface area contributed by atoms with E-state index in [-0.39, 0.29) is 35.8 Å². The predicted octanol–water partition coefficient (Wildman–Crippen LogP) is 4.66. The van der Waals surface area contributed by atoms with Gasteiger partial charge in [0.05, 0.1) is 18.9 Å². The Morgan fingerprint density at radius 3 is 2.41 bits per heavy atom. The highest BCUT2D eigenvalue weighted by molar-refractivity contribution is 7.80. The number of para-hydroxylation sites is 1. The maximum Gasteiger partial charge on any atom is 0.223 e. The number of ether oxygens (including phenoxy) is 2. The van der Waals surface area contributed by atoms with Crippen LogP contribution in [0.4, 0.5) is 10.1 Å². The first kappa shape index (κ1) is 25.4. The van der Waals surface area contributed by atoms with Crippen LogP contribution in [0.3, 0.4) is 0 Å². The quantitative estimate of drug-likeness (QED) is 0.450. The number of fused-ring (bicyclic) bond motifs is 1. The number of halogens is 1. The number of hydrogen-bond acceptors (Lipinski definition) is 5. The molecule has 37 heavy (non-hydrogen) atoms. The van der Waals surface area contributed by atoms with Crippen molar-refractivity contribution in [1.82, 2.24) is 9.80 Å². The molecule has 0 atom stereocenters. The minimum atomic E-state index is -0.328. The molecule has 0 aliphatic carbocycles. The smallest absolute Gasteiger partial charge is 0.223 e. The van der Waals surface area contributed by atoms with Gasteiger partial charge in [-0.05, 0) is 67.2 Å². The summed E-state index contributed by atoms with van der Waals surface area (Å²) in [5.74, 6) is 0.875. The number of carbonyl (C=O) groups excluding carboxylic acids is 2. The van der Waals surface area contributed by atoms with Gasteiger partial charge in [0.25, 0.3) is 0 Å². The van der Waals surface area contributed by atoms with E-state index in [1.165, 1.54) is 6.07 Å². The molecule has 1 N–H and O–H groups in total. The number of ketones is 1. The van der Waals surface area contributed by atoms with Crippen LogP contribution in [0.15, 0.2) is 42.5 Å². The predicted molar refractivity (Wildman–Crippen MR) is 143 cm³/mol. The Morgan fingerprint density at radius 1 is 0.946 bits per heavy atom. The van der Waals surface area contributed by atoms with Crippen LogP contribution in [0, 0.1) is 11.2 Å². The minimum Gasteiger partial charge on any atom is -0.490 e. The first-order chi connectivity index (χ1) is 17.9. The van der Waals surface area contributed by atoms with Gasteiger partial charge in [0.2, 0.25) is 5.91 Å². The van der Waals surface area contributed by atoms with Crippen LogP contribution in [0.1, 0.15) is 48.9 Å². The van der Waals surface area contributed by atoms with Gasteiger partial charge in [-0.2, -0.15) is 0 Å². The largest absolute Gasteiger partial charge is 0.490 e. The van der Waals surface area contributed by atoms with Crippen molar-refractivity contribution in [3.05, 3.63) is 53.8 Å². The summed E-state index contributed by atoms with van der Waals surface area (Å²) < 4.78 is 25.3. The number of likely N-dealkylation sites (tertiary alicyclic amines) is 2. The SMILES string of the molecule is O=C(CCC(=O)N1CCC2(CCN(C(=S)Nc3ccccc3F)CC2)C1)c1ccc2c(c1)OCCCO2. The lowest BCUT2D eigenvalue weighted by molar-refractivity contribution is -0.130. The molecule has 0 bridgehead atoms. The molecule has 5 rings (SSSR count). The van der Waals surface area contributed by atoms with Crippen molar-refractivity contribution in [2.24, 2.45) is 5.41 Å². The monoisotopic (exact) mass is 525 g/mol. The summed E-state index contributed by atoms with van der Waals surface area (Å²) in [6.45, 7) is 4.13. The summed E-state index contributed by atoms with van der Waals surface area (Å²) in [6.07, 6.45) is 3.98. The summed E-state index contributed by atoms with van der Waals surface area (Å²) in [5.41, 5.74) is 1.01. The molecule has 2 saturated heterocycles. The van der Waals surface area contributed by atoms with E-state index in [4.69, 9.17) is 21.7 Å². The van der Waals surface area contributed by atoms with E-state index in [0.717, 1.165) is 45.3 Å². The lowest BCUT2D eigenvalue weighted by Gasteiger charge is -2.40. The molecule has 1 spiro atoms. The zero-order chi connectivity index (χ0) is 25.8. The fraction of sp³-hybridized carbons (Fsp3) is 0.464. The second-order valence-corrected chi connectivity index (χ2v) is 10.5. The molecule has 7 nitrogen and oxygen atoms in total. The highest BCUT2D eigenvalue weighted by Gasteiger charge is 2.42. The van der Waals surface area contributed by atoms with E-state index < -0.39 is 0 Å². The summed E-state index contributed by atoms with van der Waals surface area (Å²) >= 11 is 5.52. The molecule has 3 aliphatic heterocycles. The topological polar surface area (TPSA) is 71.1 Å². The average Bonchev–Trinajstić information content (AvgIpc) is 3.17. The molecule has 2 aromatic rings. The van der Waals surface area contributed by atoms with Crippen molar-refractivity contribution >= 4 is 34.7 Å². The van der Waals surface area contributed by atoms with E-state index in [1.807, 2.05) is 4.90 Å². The lowest BCUT2D eigenvalue weighted by Crippen LogP contribution is -2.46. The number of hydrogen-bond donors (Lipinski definition) is 1. The highest BCUT2D eigenvalue weighted by atomic mass is 32.1. The zero-order valence-electron chi connectivity index (χ0n) is 20.8. The molecule has 196 valence electrons. The van der Waals surface area contributed by atoms with Crippen molar-refractivity contribution in [1.29, 1.82) is 0 Å². The molecular formula is C28H32FN3O4S. The van der Waals surface area contributed by atoms with Crippen LogP contribution in [0.2, 0.25) is 0 Å². The van der Waals surface area contributed by atoms with Gasteiger partial charge in [0.15, 0.2) is 22.4 Å². The summed E-state index contributed by atoms with van der Waals surface area (Å²) in [6, 6.07) is 11.7. The third-order valence-corrected chi connectivity index (χ3v) is 8.01. The van der Waals surface area contributed by atoms with Crippen LogP contribution in [-0.4, -0.2) is 66.0 Å². The van der Waals surface area contributed by atoms with E-state index in [0.29, 0.717) is 47.6 Å². The molecule has 1 amide bonds. The molecule has 2 aromatic carbocycles. The molecular weight excluding hydrogens is 493 g/mol. The fourth-order valence-corrected chi connectivity index (χ4v) is 5.65. The van der Waals surface area contributed by atoms with Crippen molar-refractivity contribution in [2.45, 2.75) is 38.5 Å². The Morgan fingerprint density at radius 2 is 1.65 bits per heavy atom. The average molecular weight is 526 g/mol. The molecule has 0 radical (unpaired) electrons. The second kappa shape index (κ2) is 11.0. The maximum atomic E-state index is 14.0. The van der Waals surface area contributed by atoms with E-state index in [9.17, 15) is 14.0 Å². The van der Waals surface area contributed by atoms with Gasteiger partial charge in [-0.25, -0.2) is 4.39 Å². The molecule has 0 saturated carbocycles. The molecule has 0 aromatic heterocycles. The summed E-state index contributed by atoms with van der Waals surface area (Å²) in [4.78, 5) is 29.7. The molecule has 3 aliphatic rings. The van der Waals surface area contributed by atoms with Crippen LogP contribution in [0.25, 0.3) is 0 Å². The van der Waals surface area contributed by atoms with Gasteiger partial charge < -0.3 is 24.6 Å². The summed E-state index contributed by atoms with van der Waals surface area (Å²) in [5, 5.41) is 3.54. The fourth-order valence-electron chi connectivity index (χ4n) is 5.36. The molecule has 2 fully saturated rings. The van der Waals surface area contributed by atoms with Crippen molar-refractivity contribution in [3.8, 4) is 11.5 Å². The Kier molecular flexibility index (Phi) is 7.60. The molecule has 3 heterocycles. The van der Waals surface area contributed by atoms with Crippen LogP contribution < -0.4 is 14.8 Å². The highest BCUT2D eigenvalue weighted by Crippen LogP contribution is 2.41. The van der Waals surface area contributed by atoms with Crippen LogP contribution in [-0.2, 0) is 4.79 Å². The number of anilines is 1. The Labute approximate surface area is 221 Å². The number of piperidine rings is 1. The standard InChI is InChI=1S/C28H32FN3O4S/c29-21-4-1-2-5-22(21)30-27(37)31-13-10-28(11-14-31)12-15-32(19-28)26(34)9-7-23(33)20-6-8-24-25(18-20)36-17-3-16-35-24/h1-2,4-6,8,18H,3,7,9-17,19H2,(H,30,37). The Bertz CT molecular complexity index is 1180. The number of amides is 1. The van der Waals surface area contributed by atoms with E-state index in [1.54, 1.807) is 36.4 Å². The van der Waals surface area contributed by atoms with Gasteiger partial charge in [0.1, 0.15) is 5.82 Å². The number of nitrogens with zero attached hydrogens (tertiary/aromatic N) is 2. The van der Waals surface area contributed by atoms with E-state index in [2.05, 4.69) is 10.2 Å². The number of thiocarbonyl (C=S) groups is 1. The second-order valence-electron chi connectivity index (χ2n) is 10.1. The number of carbonyl (C=O) groups is 2. The Hall–Kier alpha value is -3.20. The normalized spacial score (nSPS) is 18.4. The van der Waals surface area contributed by atoms with Crippen molar-refractivity contribution < 1.29 is 23.5 Å². The number of nitrogens with one attached hydrogen (secondary N) is 1. The zero-order valence-corrected chi connectivity index (χ0v) is 21.7. The van der Waals surface area contributed by atoms with E-state index >= 15 is 0 Å². The van der Waals surface area contributed by atoms with Gasteiger partial charge >= 0.3 is 0 Å². The number of benzene rings is 2. The Balaban J connectivity index is 1.09. The number of Topliss-reactive ketones (excluding diaryl/α,β-unsaturated/α-hetero) is 1. The number of rotatable bonds is 5. The first-order valence-electron chi connectivity index (χ1n) is 12.9. The van der Waals surface area contributed by atoms with Crippen molar-refractivity contribution in [2.75, 3.05) is 44.7 Å². The van der Waals surface area contributed by atoms with Gasteiger partial charge in [-0.1, -0.05) is 12.1 Å². The molecule has 0 unspecified atom stereocenters. The van der Waals surface area contributed by atoms with Crippen LogP contribution in [0.5, 0.6) is 11.5 Å². The first-order valence-corrected chi connectivity index (χ1v) is 13.3. The summed E-state index contributed by atoms with van der Waals surface area (Å²) in [7, 11) is 0. The van der Waals surface area contributed by atoms with Crippen molar-refractivity contribution in [3.63, 3.8) is 0 Å². The van der Waals surface area contributed by atoms with Gasteiger partial charge in [-0.3, -0.25) is 9.59 Å². The third kappa shape index (κ3) is 5.87. The lowest BCUT2D eigenvalue weighted by atomic mass is 9.78. The van der Waals surface area contributed by atoms with Gasteiger partial charge in [0, 0.05) is 51.0 Å². The van der Waals surface area contributed by atoms with Gasteiger partial charge in [-0.15, -0.1) is 0 Å². The minimum absolute atomic E-state index is 0.0266. The van der Waals surface area contributed by atoms with Crippen LogP contribution >= 0.6 is 12.2 Å². The maximum absolute atomic E-state index is 14.0. The molecule has 9 heteroatoms.